The molecule has 1 fully saturated rings. The SMILES string of the molecule is C[C@H](NC(=O)C[C@@H](N)c1ccccc1)[C@@H]1CCCO1. The number of hydrogen-bond donors (Lipinski definition) is 2. The quantitative estimate of drug-likeness (QED) is 0.850. The van der Waals surface area contributed by atoms with Gasteiger partial charge in [0.25, 0.3) is 0 Å². The molecule has 3 N–H and O–H groups in total. The van der Waals surface area contributed by atoms with Crippen molar-refractivity contribution < 1.29 is 9.53 Å². The Morgan fingerprint density at radius 1 is 1.47 bits per heavy atom. The van der Waals surface area contributed by atoms with E-state index in [1.165, 1.54) is 0 Å². The second-order valence-corrected chi connectivity index (χ2v) is 5.13. The van der Waals surface area contributed by atoms with E-state index in [1.54, 1.807) is 0 Å². The van der Waals surface area contributed by atoms with Crippen LogP contribution in [-0.4, -0.2) is 24.7 Å². The van der Waals surface area contributed by atoms with Gasteiger partial charge >= 0.3 is 0 Å². The van der Waals surface area contributed by atoms with Crippen LogP contribution in [0.25, 0.3) is 0 Å². The largest absolute Gasteiger partial charge is 0.376 e. The van der Waals surface area contributed by atoms with Crippen molar-refractivity contribution >= 4 is 5.91 Å². The fourth-order valence-electron chi connectivity index (χ4n) is 2.42. The van der Waals surface area contributed by atoms with Crippen molar-refractivity contribution in [1.29, 1.82) is 0 Å². The van der Waals surface area contributed by atoms with Crippen molar-refractivity contribution in [2.75, 3.05) is 6.61 Å². The molecule has 2 rings (SSSR count). The van der Waals surface area contributed by atoms with E-state index in [0.717, 1.165) is 25.0 Å². The predicted molar refractivity (Wildman–Crippen MR) is 74.6 cm³/mol. The summed E-state index contributed by atoms with van der Waals surface area (Å²) in [6.07, 6.45) is 2.55. The molecule has 1 aliphatic heterocycles. The average molecular weight is 262 g/mol. The highest BCUT2D eigenvalue weighted by molar-refractivity contribution is 5.77. The van der Waals surface area contributed by atoms with E-state index in [0.29, 0.717) is 6.42 Å². The highest BCUT2D eigenvalue weighted by atomic mass is 16.5. The summed E-state index contributed by atoms with van der Waals surface area (Å²) < 4.78 is 5.56. The monoisotopic (exact) mass is 262 g/mol. The molecule has 1 heterocycles. The second kappa shape index (κ2) is 6.68. The van der Waals surface area contributed by atoms with E-state index < -0.39 is 0 Å². The summed E-state index contributed by atoms with van der Waals surface area (Å²) in [5.74, 6) is -0.0145. The number of amides is 1. The second-order valence-electron chi connectivity index (χ2n) is 5.13. The van der Waals surface area contributed by atoms with E-state index in [2.05, 4.69) is 5.32 Å². The van der Waals surface area contributed by atoms with Crippen LogP contribution in [-0.2, 0) is 9.53 Å². The number of hydrogen-bond acceptors (Lipinski definition) is 3. The summed E-state index contributed by atoms with van der Waals surface area (Å²) in [5.41, 5.74) is 7.02. The lowest BCUT2D eigenvalue weighted by atomic mass is 10.0. The van der Waals surface area contributed by atoms with Gasteiger partial charge in [-0.25, -0.2) is 0 Å². The Morgan fingerprint density at radius 2 is 2.21 bits per heavy atom. The summed E-state index contributed by atoms with van der Waals surface area (Å²) in [6.45, 7) is 2.79. The lowest BCUT2D eigenvalue weighted by molar-refractivity contribution is -0.122. The fourth-order valence-corrected chi connectivity index (χ4v) is 2.42. The number of ether oxygens (including phenoxy) is 1. The molecule has 19 heavy (non-hydrogen) atoms. The van der Waals surface area contributed by atoms with Gasteiger partial charge in [-0.3, -0.25) is 4.79 Å². The summed E-state index contributed by atoms with van der Waals surface area (Å²) >= 11 is 0. The zero-order chi connectivity index (χ0) is 13.7. The van der Waals surface area contributed by atoms with Gasteiger partial charge in [0.05, 0.1) is 12.1 Å². The molecule has 4 nitrogen and oxygen atoms in total. The standard InChI is InChI=1S/C15H22N2O2/c1-11(14-8-5-9-19-14)17-15(18)10-13(16)12-6-3-2-4-7-12/h2-4,6-7,11,13-14H,5,8-10,16H2,1H3,(H,17,18)/t11-,13+,14-/m0/s1. The highest BCUT2D eigenvalue weighted by Crippen LogP contribution is 2.17. The molecular weight excluding hydrogens is 240 g/mol. The van der Waals surface area contributed by atoms with Crippen molar-refractivity contribution in [3.05, 3.63) is 35.9 Å². The summed E-state index contributed by atoms with van der Waals surface area (Å²) in [6, 6.07) is 9.50. The van der Waals surface area contributed by atoms with Crippen LogP contribution in [0.2, 0.25) is 0 Å². The highest BCUT2D eigenvalue weighted by Gasteiger charge is 2.24. The van der Waals surface area contributed by atoms with E-state index in [-0.39, 0.29) is 24.1 Å². The average Bonchev–Trinajstić information content (AvgIpc) is 2.93. The number of carbonyl (C=O) groups excluding carboxylic acids is 1. The van der Waals surface area contributed by atoms with Gasteiger partial charge in [0.1, 0.15) is 0 Å². The molecule has 0 saturated carbocycles. The van der Waals surface area contributed by atoms with Crippen molar-refractivity contribution in [3.63, 3.8) is 0 Å². The minimum atomic E-state index is -0.252. The third-order valence-corrected chi connectivity index (χ3v) is 3.54. The van der Waals surface area contributed by atoms with Gasteiger partial charge in [-0.15, -0.1) is 0 Å². The molecule has 1 aromatic carbocycles. The maximum Gasteiger partial charge on any atom is 0.222 e. The molecule has 1 aliphatic rings. The maximum atomic E-state index is 11.9. The molecule has 0 bridgehead atoms. The van der Waals surface area contributed by atoms with E-state index in [1.807, 2.05) is 37.3 Å². The van der Waals surface area contributed by atoms with Gasteiger partial charge in [-0.1, -0.05) is 30.3 Å². The molecular formula is C15H22N2O2. The summed E-state index contributed by atoms with van der Waals surface area (Å²) in [5, 5.41) is 2.98. The fraction of sp³-hybridized carbons (Fsp3) is 0.533. The van der Waals surface area contributed by atoms with Gasteiger partial charge in [-0.05, 0) is 25.3 Å². The third kappa shape index (κ3) is 4.04. The first kappa shape index (κ1) is 14.0. The van der Waals surface area contributed by atoms with Crippen LogP contribution in [0.3, 0.4) is 0 Å². The van der Waals surface area contributed by atoms with Crippen LogP contribution in [0.4, 0.5) is 0 Å². The molecule has 4 heteroatoms. The van der Waals surface area contributed by atoms with Crippen LogP contribution >= 0.6 is 0 Å². The predicted octanol–water partition coefficient (Wildman–Crippen LogP) is 1.76. The maximum absolute atomic E-state index is 11.9. The molecule has 1 aromatic rings. The first-order valence-corrected chi connectivity index (χ1v) is 6.88. The van der Waals surface area contributed by atoms with Gasteiger partial charge in [-0.2, -0.15) is 0 Å². The number of nitrogens with two attached hydrogens (primary N) is 1. The zero-order valence-electron chi connectivity index (χ0n) is 11.3. The van der Waals surface area contributed by atoms with Crippen molar-refractivity contribution in [2.45, 2.75) is 44.4 Å². The minimum Gasteiger partial charge on any atom is -0.376 e. The molecule has 0 unspecified atom stereocenters. The molecule has 3 atom stereocenters. The third-order valence-electron chi connectivity index (χ3n) is 3.54. The first-order chi connectivity index (χ1) is 9.16. The smallest absolute Gasteiger partial charge is 0.222 e. The van der Waals surface area contributed by atoms with Gasteiger partial charge < -0.3 is 15.8 Å². The normalized spacial score (nSPS) is 21.9. The van der Waals surface area contributed by atoms with Crippen molar-refractivity contribution in [1.82, 2.24) is 5.32 Å². The Balaban J connectivity index is 1.80. The Bertz CT molecular complexity index is 402. The van der Waals surface area contributed by atoms with Crippen LogP contribution < -0.4 is 11.1 Å². The van der Waals surface area contributed by atoms with Gasteiger partial charge in [0.15, 0.2) is 0 Å². The molecule has 1 amide bonds. The zero-order valence-corrected chi connectivity index (χ0v) is 11.3. The molecule has 1 saturated heterocycles. The van der Waals surface area contributed by atoms with Crippen LogP contribution in [0, 0.1) is 0 Å². The van der Waals surface area contributed by atoms with Gasteiger partial charge in [0.2, 0.25) is 5.91 Å². The Labute approximate surface area is 114 Å². The summed E-state index contributed by atoms with van der Waals surface area (Å²) in [7, 11) is 0. The summed E-state index contributed by atoms with van der Waals surface area (Å²) in [4.78, 5) is 11.9. The Hall–Kier alpha value is -1.39. The molecule has 0 radical (unpaired) electrons. The van der Waals surface area contributed by atoms with Crippen LogP contribution in [0.1, 0.15) is 37.8 Å². The van der Waals surface area contributed by atoms with Crippen LogP contribution in [0.15, 0.2) is 30.3 Å². The minimum absolute atomic E-state index is 0.0145. The molecule has 0 aromatic heterocycles. The topological polar surface area (TPSA) is 64.4 Å². The lowest BCUT2D eigenvalue weighted by Gasteiger charge is -2.21. The van der Waals surface area contributed by atoms with Crippen molar-refractivity contribution in [3.8, 4) is 0 Å². The van der Waals surface area contributed by atoms with E-state index >= 15 is 0 Å². The number of benzene rings is 1. The van der Waals surface area contributed by atoms with Crippen molar-refractivity contribution in [2.24, 2.45) is 5.73 Å². The number of carbonyl (C=O) groups is 1. The number of rotatable bonds is 5. The van der Waals surface area contributed by atoms with Gasteiger partial charge in [0, 0.05) is 19.1 Å². The Morgan fingerprint density at radius 3 is 2.84 bits per heavy atom. The lowest BCUT2D eigenvalue weighted by Crippen LogP contribution is -2.41. The van der Waals surface area contributed by atoms with E-state index in [9.17, 15) is 4.79 Å². The first-order valence-electron chi connectivity index (χ1n) is 6.88. The van der Waals surface area contributed by atoms with Crippen LogP contribution in [0.5, 0.6) is 0 Å². The Kier molecular flexibility index (Phi) is 4.93. The molecule has 0 aliphatic carbocycles. The number of nitrogens with one attached hydrogen (secondary N) is 1. The molecule has 104 valence electrons. The molecule has 0 spiro atoms. The van der Waals surface area contributed by atoms with E-state index in [4.69, 9.17) is 10.5 Å².